The molecule has 0 saturated carbocycles. The van der Waals surface area contributed by atoms with Crippen molar-refractivity contribution >= 4 is 6.09 Å². The van der Waals surface area contributed by atoms with Gasteiger partial charge in [0, 0.05) is 19.2 Å². The molecule has 5 heteroatoms. The maximum Gasteiger partial charge on any atom is 0.409 e. The van der Waals surface area contributed by atoms with Gasteiger partial charge in [-0.15, -0.1) is 0 Å². The molecule has 1 aromatic heterocycles. The number of ether oxygens (including phenoxy) is 1. The monoisotopic (exact) mass is 290 g/mol. The number of carbonyl (C=O) groups is 1. The van der Waals surface area contributed by atoms with E-state index in [1.165, 1.54) is 4.90 Å². The molecule has 0 N–H and O–H groups in total. The minimum atomic E-state index is -1.68. The van der Waals surface area contributed by atoms with Crippen molar-refractivity contribution in [3.63, 3.8) is 0 Å². The standard InChI is InChI=1S/C16H19FN2O2/c1-2-3-12-21-15(20)19-11-9-16(17,13-19)8-7-14-6-4-5-10-18-14/h4-6,10H,2-3,9,11-13H2,1H3. The fourth-order valence-electron chi connectivity index (χ4n) is 2.04. The van der Waals surface area contributed by atoms with Crippen LogP contribution < -0.4 is 0 Å². The summed E-state index contributed by atoms with van der Waals surface area (Å²) in [5.74, 6) is 5.32. The van der Waals surface area contributed by atoms with E-state index in [4.69, 9.17) is 4.74 Å². The summed E-state index contributed by atoms with van der Waals surface area (Å²) >= 11 is 0. The number of amides is 1. The Hall–Kier alpha value is -2.09. The summed E-state index contributed by atoms with van der Waals surface area (Å²) in [5, 5.41) is 0. The molecule has 1 aliphatic heterocycles. The molecular weight excluding hydrogens is 271 g/mol. The lowest BCUT2D eigenvalue weighted by atomic mass is 10.1. The molecular formula is C16H19FN2O2. The molecule has 1 saturated heterocycles. The lowest BCUT2D eigenvalue weighted by Crippen LogP contribution is -2.33. The zero-order chi connectivity index (χ0) is 15.1. The highest BCUT2D eigenvalue weighted by molar-refractivity contribution is 5.68. The van der Waals surface area contributed by atoms with E-state index in [2.05, 4.69) is 16.8 Å². The van der Waals surface area contributed by atoms with E-state index in [-0.39, 0.29) is 13.0 Å². The number of nitrogens with zero attached hydrogens (tertiary/aromatic N) is 2. The first kappa shape index (κ1) is 15.3. The van der Waals surface area contributed by atoms with Crippen LogP contribution in [-0.2, 0) is 4.74 Å². The van der Waals surface area contributed by atoms with Crippen LogP contribution in [0.3, 0.4) is 0 Å². The molecule has 4 nitrogen and oxygen atoms in total. The molecule has 1 aliphatic rings. The van der Waals surface area contributed by atoms with E-state index in [0.717, 1.165) is 12.8 Å². The number of aromatic nitrogens is 1. The van der Waals surface area contributed by atoms with Crippen LogP contribution >= 0.6 is 0 Å². The van der Waals surface area contributed by atoms with E-state index < -0.39 is 11.8 Å². The van der Waals surface area contributed by atoms with Crippen LogP contribution in [0.1, 0.15) is 31.9 Å². The Balaban J connectivity index is 1.91. The number of likely N-dealkylation sites (tertiary alicyclic amines) is 1. The van der Waals surface area contributed by atoms with Gasteiger partial charge in [-0.2, -0.15) is 0 Å². The summed E-state index contributed by atoms with van der Waals surface area (Å²) in [6, 6.07) is 5.30. The fraction of sp³-hybridized carbons (Fsp3) is 0.500. The first-order valence-corrected chi connectivity index (χ1v) is 7.18. The number of rotatable bonds is 3. The van der Waals surface area contributed by atoms with Crippen molar-refractivity contribution in [3.8, 4) is 11.8 Å². The Kier molecular flexibility index (Phi) is 5.15. The van der Waals surface area contributed by atoms with Crippen molar-refractivity contribution in [2.75, 3.05) is 19.7 Å². The minimum absolute atomic E-state index is 0.0439. The third-order valence-electron chi connectivity index (χ3n) is 3.28. The van der Waals surface area contributed by atoms with Gasteiger partial charge in [-0.25, -0.2) is 14.2 Å². The van der Waals surface area contributed by atoms with Gasteiger partial charge in [0.05, 0.1) is 13.2 Å². The molecule has 1 unspecified atom stereocenters. The van der Waals surface area contributed by atoms with Gasteiger partial charge in [-0.05, 0) is 24.5 Å². The number of pyridine rings is 1. The van der Waals surface area contributed by atoms with Gasteiger partial charge in [-0.1, -0.05) is 25.3 Å². The molecule has 1 atom stereocenters. The minimum Gasteiger partial charge on any atom is -0.449 e. The van der Waals surface area contributed by atoms with Crippen LogP contribution in [0.15, 0.2) is 24.4 Å². The van der Waals surface area contributed by atoms with Crippen LogP contribution in [0.2, 0.25) is 0 Å². The van der Waals surface area contributed by atoms with Gasteiger partial charge < -0.3 is 9.64 Å². The fourth-order valence-corrected chi connectivity index (χ4v) is 2.04. The third-order valence-corrected chi connectivity index (χ3v) is 3.28. The molecule has 1 amide bonds. The lowest BCUT2D eigenvalue weighted by Gasteiger charge is -2.16. The average Bonchev–Trinajstić information content (AvgIpc) is 2.90. The zero-order valence-corrected chi connectivity index (χ0v) is 12.1. The zero-order valence-electron chi connectivity index (χ0n) is 12.1. The van der Waals surface area contributed by atoms with E-state index in [1.54, 1.807) is 24.4 Å². The topological polar surface area (TPSA) is 42.4 Å². The SMILES string of the molecule is CCCCOC(=O)N1CCC(F)(C#Cc2ccccn2)C1. The van der Waals surface area contributed by atoms with Gasteiger partial charge in [0.15, 0.2) is 5.67 Å². The predicted molar refractivity (Wildman–Crippen MR) is 77.4 cm³/mol. The van der Waals surface area contributed by atoms with Crippen molar-refractivity contribution in [2.45, 2.75) is 31.9 Å². The van der Waals surface area contributed by atoms with Crippen molar-refractivity contribution in [1.29, 1.82) is 0 Å². The predicted octanol–water partition coefficient (Wildman–Crippen LogP) is 2.78. The van der Waals surface area contributed by atoms with Gasteiger partial charge >= 0.3 is 6.09 Å². The highest BCUT2D eigenvalue weighted by Crippen LogP contribution is 2.25. The quantitative estimate of drug-likeness (QED) is 0.635. The average molecular weight is 290 g/mol. The number of hydrogen-bond donors (Lipinski definition) is 0. The summed E-state index contributed by atoms with van der Waals surface area (Å²) in [5.41, 5.74) is -1.15. The largest absolute Gasteiger partial charge is 0.449 e. The number of unbranched alkanes of at least 4 members (excludes halogenated alkanes) is 1. The Morgan fingerprint density at radius 2 is 2.43 bits per heavy atom. The number of alkyl halides is 1. The van der Waals surface area contributed by atoms with Gasteiger partial charge in [0.25, 0.3) is 0 Å². The first-order valence-electron chi connectivity index (χ1n) is 7.18. The maximum atomic E-state index is 14.5. The second kappa shape index (κ2) is 7.07. The maximum absolute atomic E-state index is 14.5. The molecule has 2 heterocycles. The molecule has 0 aromatic carbocycles. The molecule has 1 aromatic rings. The normalized spacial score (nSPS) is 20.8. The smallest absolute Gasteiger partial charge is 0.409 e. The Morgan fingerprint density at radius 1 is 1.57 bits per heavy atom. The summed E-state index contributed by atoms with van der Waals surface area (Å²) < 4.78 is 19.6. The van der Waals surface area contributed by atoms with E-state index in [0.29, 0.717) is 18.8 Å². The third kappa shape index (κ3) is 4.45. The molecule has 0 bridgehead atoms. The van der Waals surface area contributed by atoms with Crippen LogP contribution in [0.25, 0.3) is 0 Å². The summed E-state index contributed by atoms with van der Waals surface area (Å²) in [6.07, 6.45) is 3.13. The van der Waals surface area contributed by atoms with E-state index in [1.807, 2.05) is 6.92 Å². The van der Waals surface area contributed by atoms with Crippen LogP contribution in [0, 0.1) is 11.8 Å². The van der Waals surface area contributed by atoms with Crippen LogP contribution in [0.5, 0.6) is 0 Å². The number of halogens is 1. The molecule has 2 rings (SSSR count). The second-order valence-corrected chi connectivity index (χ2v) is 5.07. The Morgan fingerprint density at radius 3 is 3.14 bits per heavy atom. The van der Waals surface area contributed by atoms with Crippen molar-refractivity contribution in [2.24, 2.45) is 0 Å². The highest BCUT2D eigenvalue weighted by atomic mass is 19.1. The number of carbonyl (C=O) groups excluding carboxylic acids is 1. The summed E-state index contributed by atoms with van der Waals surface area (Å²) in [4.78, 5) is 17.2. The highest BCUT2D eigenvalue weighted by Gasteiger charge is 2.39. The van der Waals surface area contributed by atoms with Crippen LogP contribution in [0.4, 0.5) is 9.18 Å². The van der Waals surface area contributed by atoms with E-state index >= 15 is 0 Å². The van der Waals surface area contributed by atoms with Crippen molar-refractivity contribution in [1.82, 2.24) is 9.88 Å². The lowest BCUT2D eigenvalue weighted by molar-refractivity contribution is 0.104. The van der Waals surface area contributed by atoms with Gasteiger partial charge in [0.1, 0.15) is 5.69 Å². The Bertz CT molecular complexity index is 538. The van der Waals surface area contributed by atoms with Gasteiger partial charge in [0.2, 0.25) is 0 Å². The van der Waals surface area contributed by atoms with Crippen LogP contribution in [-0.4, -0.2) is 41.3 Å². The van der Waals surface area contributed by atoms with Crippen molar-refractivity contribution < 1.29 is 13.9 Å². The Labute approximate surface area is 124 Å². The van der Waals surface area contributed by atoms with Crippen molar-refractivity contribution in [3.05, 3.63) is 30.1 Å². The molecule has 1 fully saturated rings. The molecule has 21 heavy (non-hydrogen) atoms. The first-order chi connectivity index (χ1) is 10.1. The molecule has 0 radical (unpaired) electrons. The summed E-state index contributed by atoms with van der Waals surface area (Å²) in [7, 11) is 0. The molecule has 0 spiro atoms. The number of hydrogen-bond acceptors (Lipinski definition) is 3. The summed E-state index contributed by atoms with van der Waals surface area (Å²) in [6.45, 7) is 2.68. The molecule has 0 aliphatic carbocycles. The second-order valence-electron chi connectivity index (χ2n) is 5.07. The molecule has 112 valence electrons. The van der Waals surface area contributed by atoms with Gasteiger partial charge in [-0.3, -0.25) is 0 Å². The van der Waals surface area contributed by atoms with E-state index in [9.17, 15) is 9.18 Å².